The number of alkyl carbamates (subject to hydrolysis) is 1. The second-order valence-electron chi connectivity index (χ2n) is 4.55. The first-order chi connectivity index (χ1) is 8.72. The molecule has 5 heteroatoms. The molecule has 0 fully saturated rings. The van der Waals surface area contributed by atoms with Crippen LogP contribution in [0, 0.1) is 5.92 Å². The number of aryl methyl sites for hydroxylation is 1. The molecular formula is C13H23N3O2. The molecular weight excluding hydrogens is 230 g/mol. The normalized spacial score (nSPS) is 12.1. The van der Waals surface area contributed by atoms with Crippen LogP contribution in [0.5, 0.6) is 0 Å². The molecule has 0 spiro atoms. The molecule has 0 bridgehead atoms. The number of carbonyl (C=O) groups is 1. The van der Waals surface area contributed by atoms with Gasteiger partial charge in [-0.3, -0.25) is 0 Å². The zero-order chi connectivity index (χ0) is 13.2. The van der Waals surface area contributed by atoms with Gasteiger partial charge < -0.3 is 15.0 Å². The van der Waals surface area contributed by atoms with E-state index in [9.17, 15) is 4.79 Å². The van der Waals surface area contributed by atoms with E-state index in [1.807, 2.05) is 0 Å². The van der Waals surface area contributed by atoms with Crippen LogP contribution in [0.2, 0.25) is 0 Å². The number of amides is 1. The average molecular weight is 253 g/mol. The summed E-state index contributed by atoms with van der Waals surface area (Å²) < 4.78 is 5.07. The van der Waals surface area contributed by atoms with Crippen LogP contribution in [0.25, 0.3) is 0 Å². The minimum Gasteiger partial charge on any atom is -0.450 e. The number of rotatable bonds is 8. The second kappa shape index (κ2) is 8.55. The largest absolute Gasteiger partial charge is 0.450 e. The van der Waals surface area contributed by atoms with Gasteiger partial charge in [0.2, 0.25) is 0 Å². The van der Waals surface area contributed by atoms with Crippen molar-refractivity contribution in [3.63, 3.8) is 0 Å². The van der Waals surface area contributed by atoms with Crippen LogP contribution in [0.3, 0.4) is 0 Å². The number of ether oxygens (including phenoxy) is 1. The number of aromatic nitrogens is 2. The maximum atomic E-state index is 11.3. The summed E-state index contributed by atoms with van der Waals surface area (Å²) in [6, 6.07) is 0. The molecule has 18 heavy (non-hydrogen) atoms. The molecule has 1 aromatic heterocycles. The lowest BCUT2D eigenvalue weighted by Crippen LogP contribution is -2.26. The number of hydrogen-bond donors (Lipinski definition) is 2. The minimum absolute atomic E-state index is 0.317. The molecule has 2 N–H and O–H groups in total. The first-order valence-corrected chi connectivity index (χ1v) is 6.60. The van der Waals surface area contributed by atoms with Gasteiger partial charge in [-0.2, -0.15) is 0 Å². The average Bonchev–Trinajstić information content (AvgIpc) is 2.87. The first-order valence-electron chi connectivity index (χ1n) is 6.60. The van der Waals surface area contributed by atoms with Crippen molar-refractivity contribution in [2.24, 2.45) is 5.92 Å². The predicted octanol–water partition coefficient (Wildman–Crippen LogP) is 2.50. The van der Waals surface area contributed by atoms with Crippen molar-refractivity contribution >= 4 is 6.09 Å². The van der Waals surface area contributed by atoms with Crippen LogP contribution in [-0.4, -0.2) is 29.2 Å². The molecule has 0 saturated carbocycles. The monoisotopic (exact) mass is 253 g/mol. The van der Waals surface area contributed by atoms with E-state index in [0.29, 0.717) is 19.1 Å². The summed E-state index contributed by atoms with van der Waals surface area (Å²) >= 11 is 0. The molecule has 1 aromatic rings. The van der Waals surface area contributed by atoms with E-state index in [0.717, 1.165) is 31.4 Å². The molecule has 0 radical (unpaired) electrons. The zero-order valence-electron chi connectivity index (χ0n) is 11.2. The fourth-order valence-corrected chi connectivity index (χ4v) is 1.52. The Kier molecular flexibility index (Phi) is 6.91. The fourth-order valence-electron chi connectivity index (χ4n) is 1.52. The molecule has 1 rings (SSSR count). The summed E-state index contributed by atoms with van der Waals surface area (Å²) in [7, 11) is 0. The number of nitrogens with one attached hydrogen (secondary N) is 2. The van der Waals surface area contributed by atoms with E-state index in [1.54, 1.807) is 12.5 Å². The van der Waals surface area contributed by atoms with E-state index in [2.05, 4.69) is 29.1 Å². The Balaban J connectivity index is 1.96. The predicted molar refractivity (Wildman–Crippen MR) is 70.3 cm³/mol. The van der Waals surface area contributed by atoms with Crippen LogP contribution in [0.15, 0.2) is 12.5 Å². The van der Waals surface area contributed by atoms with E-state index >= 15 is 0 Å². The maximum Gasteiger partial charge on any atom is 0.407 e. The van der Waals surface area contributed by atoms with Gasteiger partial charge >= 0.3 is 6.09 Å². The summed E-state index contributed by atoms with van der Waals surface area (Å²) in [5, 5.41) is 2.76. The summed E-state index contributed by atoms with van der Waals surface area (Å²) in [4.78, 5) is 18.3. The molecule has 1 heterocycles. The summed E-state index contributed by atoms with van der Waals surface area (Å²) in [5.41, 5.74) is 1.07. The van der Waals surface area contributed by atoms with Gasteiger partial charge in [-0.25, -0.2) is 9.78 Å². The summed E-state index contributed by atoms with van der Waals surface area (Å²) in [5.74, 6) is 0.644. The number of H-pyrrole nitrogens is 1. The number of aromatic amines is 1. The summed E-state index contributed by atoms with van der Waals surface area (Å²) in [6.07, 6.45) is 6.91. The van der Waals surface area contributed by atoms with Gasteiger partial charge in [-0.15, -0.1) is 0 Å². The third-order valence-corrected chi connectivity index (χ3v) is 2.98. The molecule has 0 saturated heterocycles. The van der Waals surface area contributed by atoms with Crippen molar-refractivity contribution in [3.8, 4) is 0 Å². The maximum absolute atomic E-state index is 11.3. The zero-order valence-corrected chi connectivity index (χ0v) is 11.2. The summed E-state index contributed by atoms with van der Waals surface area (Å²) in [6.45, 7) is 5.46. The lowest BCUT2D eigenvalue weighted by atomic mass is 10.1. The van der Waals surface area contributed by atoms with Gasteiger partial charge in [-0.05, 0) is 25.2 Å². The number of nitrogens with zero attached hydrogens (tertiary/aromatic N) is 1. The molecule has 1 amide bonds. The fraction of sp³-hybridized carbons (Fsp3) is 0.692. The molecule has 0 unspecified atom stereocenters. The highest BCUT2D eigenvalue weighted by Crippen LogP contribution is 2.04. The Labute approximate surface area is 108 Å². The molecule has 5 nitrogen and oxygen atoms in total. The van der Waals surface area contributed by atoms with E-state index in [-0.39, 0.29) is 6.09 Å². The van der Waals surface area contributed by atoms with Gasteiger partial charge in [0.25, 0.3) is 0 Å². The Hall–Kier alpha value is -1.52. The van der Waals surface area contributed by atoms with E-state index in [1.165, 1.54) is 0 Å². The Morgan fingerprint density at radius 3 is 3.11 bits per heavy atom. The van der Waals surface area contributed by atoms with E-state index in [4.69, 9.17) is 4.74 Å². The van der Waals surface area contributed by atoms with Crippen LogP contribution in [-0.2, 0) is 11.2 Å². The number of carbonyl (C=O) groups excluding carboxylic acids is 1. The van der Waals surface area contributed by atoms with Gasteiger partial charge in [0.05, 0.1) is 12.9 Å². The topological polar surface area (TPSA) is 67.0 Å². The molecule has 102 valence electrons. The Morgan fingerprint density at radius 2 is 2.44 bits per heavy atom. The lowest BCUT2D eigenvalue weighted by molar-refractivity contribution is 0.144. The third kappa shape index (κ3) is 6.27. The number of hydrogen-bond acceptors (Lipinski definition) is 3. The van der Waals surface area contributed by atoms with Crippen LogP contribution >= 0.6 is 0 Å². The van der Waals surface area contributed by atoms with Crippen LogP contribution in [0.1, 0.15) is 38.8 Å². The van der Waals surface area contributed by atoms with Gasteiger partial charge in [0, 0.05) is 18.4 Å². The van der Waals surface area contributed by atoms with Gasteiger partial charge in [-0.1, -0.05) is 20.3 Å². The SMILES string of the molecule is CC[C@H](C)CCNC(=O)OCCCc1cnc[nH]1. The van der Waals surface area contributed by atoms with Crippen molar-refractivity contribution < 1.29 is 9.53 Å². The molecule has 0 aliphatic rings. The lowest BCUT2D eigenvalue weighted by Gasteiger charge is -2.09. The van der Waals surface area contributed by atoms with Crippen molar-refractivity contribution in [2.45, 2.75) is 39.5 Å². The van der Waals surface area contributed by atoms with Gasteiger partial charge in [0.15, 0.2) is 0 Å². The molecule has 0 aliphatic carbocycles. The highest BCUT2D eigenvalue weighted by Gasteiger charge is 2.03. The minimum atomic E-state index is -0.317. The second-order valence-corrected chi connectivity index (χ2v) is 4.55. The molecule has 0 aromatic carbocycles. The third-order valence-electron chi connectivity index (χ3n) is 2.98. The Morgan fingerprint density at radius 1 is 1.61 bits per heavy atom. The Bertz CT molecular complexity index is 325. The van der Waals surface area contributed by atoms with Crippen LogP contribution < -0.4 is 5.32 Å². The quantitative estimate of drug-likeness (QED) is 0.699. The highest BCUT2D eigenvalue weighted by atomic mass is 16.5. The molecule has 0 aliphatic heterocycles. The van der Waals surface area contributed by atoms with Gasteiger partial charge in [0.1, 0.15) is 0 Å². The van der Waals surface area contributed by atoms with Crippen molar-refractivity contribution in [3.05, 3.63) is 18.2 Å². The first kappa shape index (κ1) is 14.5. The molecule has 1 atom stereocenters. The van der Waals surface area contributed by atoms with Crippen molar-refractivity contribution in [2.75, 3.05) is 13.2 Å². The number of imidazole rings is 1. The standard InChI is InChI=1S/C13H23N3O2/c1-3-11(2)6-7-15-13(17)18-8-4-5-12-9-14-10-16-12/h9-11H,3-8H2,1-2H3,(H,14,16)(H,15,17)/t11-/m0/s1. The van der Waals surface area contributed by atoms with E-state index < -0.39 is 0 Å². The smallest absolute Gasteiger partial charge is 0.407 e. The van der Waals surface area contributed by atoms with Crippen molar-refractivity contribution in [1.82, 2.24) is 15.3 Å². The van der Waals surface area contributed by atoms with Crippen LogP contribution in [0.4, 0.5) is 4.79 Å². The van der Waals surface area contributed by atoms with Crippen molar-refractivity contribution in [1.29, 1.82) is 0 Å². The highest BCUT2D eigenvalue weighted by molar-refractivity contribution is 5.66.